The quantitative estimate of drug-likeness (QED) is 0.826. The first-order valence-electron chi connectivity index (χ1n) is 6.48. The number of rotatable bonds is 1. The molecule has 0 bridgehead atoms. The minimum absolute atomic E-state index is 0.0853. The third-order valence-electron chi connectivity index (χ3n) is 4.00. The highest BCUT2D eigenvalue weighted by molar-refractivity contribution is 9.10. The molecule has 0 aliphatic carbocycles. The smallest absolute Gasteiger partial charge is 0.250 e. The molecule has 20 heavy (non-hydrogen) atoms. The van der Waals surface area contributed by atoms with Crippen molar-refractivity contribution in [2.45, 2.75) is 25.4 Å². The highest BCUT2D eigenvalue weighted by Gasteiger charge is 2.38. The second-order valence-corrected chi connectivity index (χ2v) is 6.09. The summed E-state index contributed by atoms with van der Waals surface area (Å²) in [6.07, 6.45) is 1.19. The highest BCUT2D eigenvalue weighted by atomic mass is 79.9. The molecule has 0 aromatic heterocycles. The van der Waals surface area contributed by atoms with Crippen molar-refractivity contribution in [3.63, 3.8) is 0 Å². The number of fused-ring (bicyclic) bond motifs is 1. The van der Waals surface area contributed by atoms with E-state index < -0.39 is 0 Å². The summed E-state index contributed by atoms with van der Waals surface area (Å²) in [5, 5.41) is 16.0. The van der Waals surface area contributed by atoms with Gasteiger partial charge in [0, 0.05) is 30.0 Å². The summed E-state index contributed by atoms with van der Waals surface area (Å²) >= 11 is 3.44. The van der Waals surface area contributed by atoms with Gasteiger partial charge in [0.25, 0.3) is 0 Å². The molecule has 1 amide bonds. The summed E-state index contributed by atoms with van der Waals surface area (Å²) in [7, 11) is 1.64. The van der Waals surface area contributed by atoms with Crippen molar-refractivity contribution in [3.8, 4) is 0 Å². The van der Waals surface area contributed by atoms with Crippen molar-refractivity contribution in [2.24, 2.45) is 0 Å². The molecule has 1 saturated heterocycles. The van der Waals surface area contributed by atoms with E-state index in [9.17, 15) is 4.79 Å². The molecule has 2 aliphatic rings. The van der Waals surface area contributed by atoms with Crippen LogP contribution in [0, 0.1) is 10.8 Å². The molecule has 3 rings (SSSR count). The normalized spacial score (nSPS) is 22.5. The van der Waals surface area contributed by atoms with Crippen molar-refractivity contribution < 1.29 is 4.79 Å². The van der Waals surface area contributed by atoms with Crippen LogP contribution in [0.15, 0.2) is 22.7 Å². The van der Waals surface area contributed by atoms with Crippen LogP contribution in [0.1, 0.15) is 24.0 Å². The van der Waals surface area contributed by atoms with E-state index >= 15 is 0 Å². The van der Waals surface area contributed by atoms with E-state index in [1.807, 2.05) is 23.1 Å². The van der Waals surface area contributed by atoms with Crippen LogP contribution in [0.5, 0.6) is 0 Å². The van der Waals surface area contributed by atoms with Crippen LogP contribution in [-0.2, 0) is 11.3 Å². The molecule has 0 radical (unpaired) electrons. The van der Waals surface area contributed by atoms with Crippen molar-refractivity contribution in [3.05, 3.63) is 33.8 Å². The summed E-state index contributed by atoms with van der Waals surface area (Å²) in [5.41, 5.74) is 1.96. The van der Waals surface area contributed by atoms with Crippen molar-refractivity contribution >= 4 is 33.5 Å². The minimum atomic E-state index is -0.326. The zero-order valence-electron chi connectivity index (χ0n) is 11.1. The number of hydrogen-bond acceptors (Lipinski definition) is 3. The summed E-state index contributed by atoms with van der Waals surface area (Å²) < 4.78 is 0.986. The lowest BCUT2D eigenvalue weighted by Gasteiger charge is -2.35. The van der Waals surface area contributed by atoms with Gasteiger partial charge in [-0.05, 0) is 30.2 Å². The molecule has 0 saturated carbocycles. The Kier molecular flexibility index (Phi) is 3.12. The number of nitrogens with zero attached hydrogens (tertiary/aromatic N) is 2. The van der Waals surface area contributed by atoms with E-state index in [1.165, 1.54) is 4.90 Å². The Morgan fingerprint density at radius 1 is 1.35 bits per heavy atom. The molecule has 1 fully saturated rings. The first kappa shape index (κ1) is 13.3. The van der Waals surface area contributed by atoms with Crippen molar-refractivity contribution in [1.29, 1.82) is 10.8 Å². The molecule has 2 aliphatic heterocycles. The number of carbonyl (C=O) groups is 1. The number of likely N-dealkylation sites (N-methyl/N-ethyl adjacent to an activating group) is 1. The molecule has 1 atom stereocenters. The van der Waals surface area contributed by atoms with Gasteiger partial charge in [-0.2, -0.15) is 0 Å². The van der Waals surface area contributed by atoms with Crippen LogP contribution >= 0.6 is 15.9 Å². The van der Waals surface area contributed by atoms with Gasteiger partial charge in [0.05, 0.1) is 0 Å². The fraction of sp³-hybridized carbons (Fsp3) is 0.357. The van der Waals surface area contributed by atoms with Crippen LogP contribution in [-0.4, -0.2) is 40.5 Å². The van der Waals surface area contributed by atoms with Gasteiger partial charge in [0.15, 0.2) is 0 Å². The molecule has 6 heteroatoms. The predicted octanol–water partition coefficient (Wildman–Crippen LogP) is 2.19. The fourth-order valence-corrected chi connectivity index (χ4v) is 3.23. The van der Waals surface area contributed by atoms with Gasteiger partial charge in [-0.15, -0.1) is 0 Å². The topological polar surface area (TPSA) is 71.2 Å². The van der Waals surface area contributed by atoms with Crippen LogP contribution in [0.4, 0.5) is 0 Å². The van der Waals surface area contributed by atoms with Crippen molar-refractivity contribution in [1.82, 2.24) is 9.80 Å². The van der Waals surface area contributed by atoms with Gasteiger partial charge in [-0.3, -0.25) is 15.6 Å². The molecule has 1 aromatic rings. The molecule has 2 N–H and O–H groups in total. The maximum atomic E-state index is 12.3. The largest absolute Gasteiger partial charge is 0.340 e. The van der Waals surface area contributed by atoms with Gasteiger partial charge in [0.1, 0.15) is 17.7 Å². The number of hydrogen-bond donors (Lipinski definition) is 2. The van der Waals surface area contributed by atoms with E-state index in [4.69, 9.17) is 10.8 Å². The van der Waals surface area contributed by atoms with Gasteiger partial charge < -0.3 is 9.80 Å². The number of amidine groups is 2. The Hall–Kier alpha value is -1.69. The van der Waals surface area contributed by atoms with Gasteiger partial charge >= 0.3 is 0 Å². The second-order valence-electron chi connectivity index (χ2n) is 5.18. The van der Waals surface area contributed by atoms with Crippen LogP contribution < -0.4 is 0 Å². The van der Waals surface area contributed by atoms with E-state index in [0.29, 0.717) is 31.1 Å². The van der Waals surface area contributed by atoms with E-state index in [2.05, 4.69) is 15.9 Å². The van der Waals surface area contributed by atoms with Gasteiger partial charge in [-0.25, -0.2) is 0 Å². The lowest BCUT2D eigenvalue weighted by atomic mass is 10.0. The number of carbonyl (C=O) groups excluding carboxylic acids is 1. The number of likely N-dealkylation sites (tertiary alicyclic amines) is 1. The van der Waals surface area contributed by atoms with E-state index in [0.717, 1.165) is 15.6 Å². The number of halogens is 1. The van der Waals surface area contributed by atoms with Crippen molar-refractivity contribution in [2.75, 3.05) is 7.05 Å². The van der Waals surface area contributed by atoms with Crippen LogP contribution in [0.3, 0.4) is 0 Å². The molecule has 2 heterocycles. The molecular weight excluding hydrogens is 320 g/mol. The third kappa shape index (κ3) is 1.95. The summed E-state index contributed by atoms with van der Waals surface area (Å²) in [6, 6.07) is 5.51. The average Bonchev–Trinajstić information content (AvgIpc) is 2.73. The molecule has 1 unspecified atom stereocenters. The van der Waals surface area contributed by atoms with E-state index in [-0.39, 0.29) is 11.9 Å². The standard InChI is InChI=1S/C14H15BrN4O/c1-18-12(16)5-4-11(14(18)20)19-7-8-6-9(15)2-3-10(8)13(19)17/h2-3,6,11,16-17H,4-5,7H2,1H3. The Morgan fingerprint density at radius 2 is 2.10 bits per heavy atom. The lowest BCUT2D eigenvalue weighted by molar-refractivity contribution is -0.132. The van der Waals surface area contributed by atoms with E-state index in [1.54, 1.807) is 7.05 Å². The molecule has 0 spiro atoms. The SMILES string of the molecule is CN1C(=N)CCC(N2Cc3cc(Br)ccc3C2=N)C1=O. The fourth-order valence-electron chi connectivity index (χ4n) is 2.82. The number of nitrogens with one attached hydrogen (secondary N) is 2. The zero-order valence-corrected chi connectivity index (χ0v) is 12.7. The maximum Gasteiger partial charge on any atom is 0.250 e. The predicted molar refractivity (Wildman–Crippen MR) is 80.0 cm³/mol. The molecule has 104 valence electrons. The first-order valence-corrected chi connectivity index (χ1v) is 7.27. The van der Waals surface area contributed by atoms with Gasteiger partial charge in [-0.1, -0.05) is 15.9 Å². The lowest BCUT2D eigenvalue weighted by Crippen LogP contribution is -2.52. The average molecular weight is 335 g/mol. The Morgan fingerprint density at radius 3 is 2.85 bits per heavy atom. The molecular formula is C14H15BrN4O. The Balaban J connectivity index is 1.89. The zero-order chi connectivity index (χ0) is 14.4. The minimum Gasteiger partial charge on any atom is -0.340 e. The number of piperidine rings is 1. The van der Waals surface area contributed by atoms with Gasteiger partial charge in [0.2, 0.25) is 5.91 Å². The summed E-state index contributed by atoms with van der Waals surface area (Å²) in [4.78, 5) is 15.6. The number of benzene rings is 1. The second kappa shape index (κ2) is 4.70. The van der Waals surface area contributed by atoms with Crippen LogP contribution in [0.2, 0.25) is 0 Å². The first-order chi connectivity index (χ1) is 9.49. The van der Waals surface area contributed by atoms with Crippen LogP contribution in [0.25, 0.3) is 0 Å². The Bertz CT molecular complexity index is 628. The monoisotopic (exact) mass is 334 g/mol. The summed E-state index contributed by atoms with van der Waals surface area (Å²) in [6.45, 7) is 0.588. The number of amides is 1. The molecule has 5 nitrogen and oxygen atoms in total. The maximum absolute atomic E-state index is 12.3. The molecule has 1 aromatic carbocycles. The summed E-state index contributed by atoms with van der Waals surface area (Å²) in [5.74, 6) is 0.683. The Labute approximate surface area is 125 Å². The third-order valence-corrected chi connectivity index (χ3v) is 4.49. The highest BCUT2D eigenvalue weighted by Crippen LogP contribution is 2.30.